The molecule has 0 aromatic heterocycles. The number of amides is 1. The molecule has 5 rings (SSSR count). The second-order valence-electron chi connectivity index (χ2n) is 8.71. The summed E-state index contributed by atoms with van der Waals surface area (Å²) in [6.07, 6.45) is 8.39. The Morgan fingerprint density at radius 3 is 2.38 bits per heavy atom. The van der Waals surface area contributed by atoms with Crippen molar-refractivity contribution in [2.45, 2.75) is 51.9 Å². The van der Waals surface area contributed by atoms with E-state index in [-0.39, 0.29) is 17.1 Å². The zero-order chi connectivity index (χ0) is 18.3. The van der Waals surface area contributed by atoms with E-state index in [2.05, 4.69) is 10.5 Å². The van der Waals surface area contributed by atoms with Gasteiger partial charge in [0, 0.05) is 18.1 Å². The van der Waals surface area contributed by atoms with Gasteiger partial charge in [0.05, 0.1) is 12.8 Å². The van der Waals surface area contributed by atoms with Crippen LogP contribution in [0.3, 0.4) is 0 Å². The van der Waals surface area contributed by atoms with Crippen molar-refractivity contribution in [1.29, 1.82) is 0 Å². The molecule has 4 fully saturated rings. The van der Waals surface area contributed by atoms with Crippen LogP contribution in [-0.4, -0.2) is 23.8 Å². The van der Waals surface area contributed by atoms with Crippen molar-refractivity contribution >= 4 is 11.6 Å². The van der Waals surface area contributed by atoms with E-state index >= 15 is 0 Å². The number of hydrazone groups is 1. The van der Waals surface area contributed by atoms with E-state index in [1.807, 2.05) is 0 Å². The van der Waals surface area contributed by atoms with Crippen molar-refractivity contribution < 1.29 is 14.6 Å². The van der Waals surface area contributed by atoms with E-state index in [0.29, 0.717) is 23.4 Å². The molecule has 4 aliphatic rings. The summed E-state index contributed by atoms with van der Waals surface area (Å²) < 4.78 is 5.09. The van der Waals surface area contributed by atoms with Crippen LogP contribution in [0.1, 0.15) is 57.4 Å². The average Bonchev–Trinajstić information content (AvgIpc) is 2.58. The molecule has 4 aliphatic carbocycles. The summed E-state index contributed by atoms with van der Waals surface area (Å²) in [4.78, 5) is 12.5. The molecule has 26 heavy (non-hydrogen) atoms. The minimum absolute atomic E-state index is 0.000647. The van der Waals surface area contributed by atoms with Crippen LogP contribution in [0.15, 0.2) is 23.3 Å². The van der Waals surface area contributed by atoms with Gasteiger partial charge >= 0.3 is 0 Å². The highest BCUT2D eigenvalue weighted by Crippen LogP contribution is 2.61. The fourth-order valence-electron chi connectivity index (χ4n) is 6.04. The Morgan fingerprint density at radius 1 is 1.23 bits per heavy atom. The lowest BCUT2D eigenvalue weighted by molar-refractivity contribution is -0.129. The van der Waals surface area contributed by atoms with Crippen LogP contribution in [0, 0.1) is 23.2 Å². The lowest BCUT2D eigenvalue weighted by Gasteiger charge is -2.56. The topological polar surface area (TPSA) is 70.9 Å². The molecule has 0 aliphatic heterocycles. The number of hydrogen-bond acceptors (Lipinski definition) is 4. The summed E-state index contributed by atoms with van der Waals surface area (Å²) >= 11 is 0. The van der Waals surface area contributed by atoms with E-state index in [0.717, 1.165) is 17.8 Å². The molecule has 0 unspecified atom stereocenters. The summed E-state index contributed by atoms with van der Waals surface area (Å²) in [6.45, 7) is 1.78. The molecular formula is C21H28N2O3. The molecule has 1 aromatic carbocycles. The standard InChI is InChI=1S/C21H28N2O3/c1-13(18-4-3-17(26-2)8-19(18)24)22-23-20(25)12-21-9-14-5-15(10-21)7-16(6-14)11-21/h3-4,8,14-16,24H,5-7,9-12H2,1-2H3,(H,23,25)/b22-13+. The second kappa shape index (κ2) is 6.60. The van der Waals surface area contributed by atoms with Gasteiger partial charge in [-0.05, 0) is 80.8 Å². The monoisotopic (exact) mass is 356 g/mol. The van der Waals surface area contributed by atoms with Crippen molar-refractivity contribution in [3.05, 3.63) is 23.8 Å². The van der Waals surface area contributed by atoms with Crippen LogP contribution in [-0.2, 0) is 4.79 Å². The van der Waals surface area contributed by atoms with Gasteiger partial charge in [-0.2, -0.15) is 5.10 Å². The summed E-state index contributed by atoms with van der Waals surface area (Å²) in [5.41, 5.74) is 4.12. The van der Waals surface area contributed by atoms with Gasteiger partial charge in [-0.15, -0.1) is 0 Å². The molecule has 0 heterocycles. The van der Waals surface area contributed by atoms with E-state index < -0.39 is 0 Å². The van der Waals surface area contributed by atoms with Crippen molar-refractivity contribution in [1.82, 2.24) is 5.43 Å². The molecule has 0 atom stereocenters. The number of nitrogens with zero attached hydrogens (tertiary/aromatic N) is 1. The Bertz CT molecular complexity index is 705. The summed E-state index contributed by atoms with van der Waals surface area (Å²) in [6, 6.07) is 5.06. The van der Waals surface area contributed by atoms with Crippen molar-refractivity contribution in [3.63, 3.8) is 0 Å². The van der Waals surface area contributed by atoms with E-state index in [4.69, 9.17) is 4.74 Å². The first-order valence-corrected chi connectivity index (χ1v) is 9.67. The number of rotatable bonds is 5. The number of phenolic OH excluding ortho intramolecular Hbond substituents is 1. The molecule has 140 valence electrons. The Morgan fingerprint density at radius 2 is 1.85 bits per heavy atom. The number of nitrogens with one attached hydrogen (secondary N) is 1. The lowest BCUT2D eigenvalue weighted by Crippen LogP contribution is -2.47. The van der Waals surface area contributed by atoms with Crippen LogP contribution >= 0.6 is 0 Å². The third kappa shape index (κ3) is 3.31. The van der Waals surface area contributed by atoms with Gasteiger partial charge < -0.3 is 9.84 Å². The maximum absolute atomic E-state index is 12.5. The van der Waals surface area contributed by atoms with Crippen LogP contribution in [0.4, 0.5) is 0 Å². The van der Waals surface area contributed by atoms with Crippen LogP contribution < -0.4 is 10.2 Å². The second-order valence-corrected chi connectivity index (χ2v) is 8.71. The van der Waals surface area contributed by atoms with Crippen LogP contribution in [0.25, 0.3) is 0 Å². The number of phenols is 1. The predicted molar refractivity (Wildman–Crippen MR) is 100 cm³/mol. The normalized spacial score (nSPS) is 32.5. The Balaban J connectivity index is 1.40. The molecule has 1 aromatic rings. The van der Waals surface area contributed by atoms with Gasteiger partial charge in [-0.25, -0.2) is 5.43 Å². The van der Waals surface area contributed by atoms with Crippen molar-refractivity contribution in [2.24, 2.45) is 28.3 Å². The van der Waals surface area contributed by atoms with Crippen LogP contribution in [0.2, 0.25) is 0 Å². The van der Waals surface area contributed by atoms with Gasteiger partial charge in [0.15, 0.2) is 0 Å². The first-order chi connectivity index (χ1) is 12.5. The average molecular weight is 356 g/mol. The highest BCUT2D eigenvalue weighted by Gasteiger charge is 2.51. The largest absolute Gasteiger partial charge is 0.507 e. The third-order valence-corrected chi connectivity index (χ3v) is 6.64. The number of ether oxygens (including phenoxy) is 1. The fourth-order valence-corrected chi connectivity index (χ4v) is 6.04. The minimum atomic E-state index is -0.000647. The highest BCUT2D eigenvalue weighted by atomic mass is 16.5. The van der Waals surface area contributed by atoms with E-state index in [1.165, 1.54) is 38.5 Å². The Hall–Kier alpha value is -2.04. The smallest absolute Gasteiger partial charge is 0.240 e. The maximum atomic E-state index is 12.5. The Kier molecular flexibility index (Phi) is 4.41. The first-order valence-electron chi connectivity index (χ1n) is 9.67. The van der Waals surface area contributed by atoms with Crippen molar-refractivity contribution in [3.8, 4) is 11.5 Å². The van der Waals surface area contributed by atoms with Gasteiger partial charge in [0.1, 0.15) is 11.5 Å². The molecule has 2 N–H and O–H groups in total. The van der Waals surface area contributed by atoms with Gasteiger partial charge in [-0.1, -0.05) is 0 Å². The van der Waals surface area contributed by atoms with Crippen LogP contribution in [0.5, 0.6) is 11.5 Å². The molecule has 5 nitrogen and oxygen atoms in total. The highest BCUT2D eigenvalue weighted by molar-refractivity contribution is 6.01. The Labute approximate surface area is 154 Å². The van der Waals surface area contributed by atoms with Gasteiger partial charge in [0.2, 0.25) is 5.91 Å². The number of carbonyl (C=O) groups excluding carboxylic acids is 1. The molecular weight excluding hydrogens is 328 g/mol. The van der Waals surface area contributed by atoms with E-state index in [9.17, 15) is 9.90 Å². The minimum Gasteiger partial charge on any atom is -0.507 e. The summed E-state index contributed by atoms with van der Waals surface area (Å²) in [5, 5.41) is 14.3. The van der Waals surface area contributed by atoms with Gasteiger partial charge in [0.25, 0.3) is 0 Å². The predicted octanol–water partition coefficient (Wildman–Crippen LogP) is 3.85. The molecule has 5 heteroatoms. The molecule has 4 saturated carbocycles. The quantitative estimate of drug-likeness (QED) is 0.622. The fraction of sp³-hybridized carbons (Fsp3) is 0.619. The molecule has 0 saturated heterocycles. The zero-order valence-electron chi connectivity index (χ0n) is 15.6. The first kappa shape index (κ1) is 17.4. The number of carbonyl (C=O) groups is 1. The SMILES string of the molecule is COc1ccc(/C(C)=N/NC(=O)CC23CC4CC(CC(C4)C2)C3)c(O)c1. The summed E-state index contributed by atoms with van der Waals surface area (Å²) in [5.74, 6) is 3.21. The van der Waals surface area contributed by atoms with Crippen molar-refractivity contribution in [2.75, 3.05) is 7.11 Å². The summed E-state index contributed by atoms with van der Waals surface area (Å²) in [7, 11) is 1.56. The lowest BCUT2D eigenvalue weighted by atomic mass is 9.49. The number of aromatic hydroxyl groups is 1. The molecule has 0 radical (unpaired) electrons. The number of hydrogen-bond donors (Lipinski definition) is 2. The molecule has 0 spiro atoms. The van der Waals surface area contributed by atoms with E-state index in [1.54, 1.807) is 32.2 Å². The molecule has 1 amide bonds. The third-order valence-electron chi connectivity index (χ3n) is 6.64. The number of benzene rings is 1. The maximum Gasteiger partial charge on any atom is 0.240 e. The molecule has 4 bridgehead atoms. The zero-order valence-corrected chi connectivity index (χ0v) is 15.6. The number of methoxy groups -OCH3 is 1. The van der Waals surface area contributed by atoms with Gasteiger partial charge in [-0.3, -0.25) is 4.79 Å².